The third kappa shape index (κ3) is 3.97. The van der Waals surface area contributed by atoms with Crippen LogP contribution < -0.4 is 11.1 Å². The van der Waals surface area contributed by atoms with Crippen molar-refractivity contribution in [2.75, 3.05) is 5.32 Å². The molecule has 1 aromatic heterocycles. The molecule has 1 aliphatic carbocycles. The summed E-state index contributed by atoms with van der Waals surface area (Å²) in [6, 6.07) is 7.23. The molecule has 1 heterocycles. The lowest BCUT2D eigenvalue weighted by atomic mass is 9.69. The van der Waals surface area contributed by atoms with Crippen LogP contribution in [0.3, 0.4) is 0 Å². The average molecular weight is 449 g/mol. The second-order valence-electron chi connectivity index (χ2n) is 7.79. The van der Waals surface area contributed by atoms with Gasteiger partial charge in [-0.2, -0.15) is 0 Å². The average Bonchev–Trinajstić information content (AvgIpc) is 2.99. The number of thiophene rings is 1. The largest absolute Gasteiger partial charge is 0.365 e. The SMILES string of the molecule is CCC(C)(C)[C@H]1CCc2c(sc(NC(=O)c3ccccc3Br)c2C(N)=O)C1. The first-order chi connectivity index (χ1) is 12.7. The molecule has 1 atom stereocenters. The van der Waals surface area contributed by atoms with Crippen molar-refractivity contribution in [2.45, 2.75) is 46.5 Å². The van der Waals surface area contributed by atoms with Crippen molar-refractivity contribution in [1.82, 2.24) is 0 Å². The maximum Gasteiger partial charge on any atom is 0.257 e. The third-order valence-corrected chi connectivity index (χ3v) is 7.73. The molecule has 1 aliphatic rings. The van der Waals surface area contributed by atoms with Crippen LogP contribution in [0, 0.1) is 11.3 Å². The molecule has 0 fully saturated rings. The number of fused-ring (bicyclic) bond motifs is 1. The van der Waals surface area contributed by atoms with E-state index in [4.69, 9.17) is 5.73 Å². The highest BCUT2D eigenvalue weighted by Crippen LogP contribution is 2.45. The molecule has 6 heteroatoms. The normalized spacial score (nSPS) is 16.7. The highest BCUT2D eigenvalue weighted by Gasteiger charge is 2.35. The number of carbonyl (C=O) groups is 2. The highest BCUT2D eigenvalue weighted by atomic mass is 79.9. The molecule has 0 bridgehead atoms. The van der Waals surface area contributed by atoms with Crippen LogP contribution in [0.2, 0.25) is 0 Å². The lowest BCUT2D eigenvalue weighted by Gasteiger charge is -2.36. The fourth-order valence-corrected chi connectivity index (χ4v) is 5.50. The van der Waals surface area contributed by atoms with E-state index >= 15 is 0 Å². The molecule has 1 aromatic carbocycles. The highest BCUT2D eigenvalue weighted by molar-refractivity contribution is 9.10. The lowest BCUT2D eigenvalue weighted by molar-refractivity contribution is 0.0999. The Balaban J connectivity index is 1.93. The standard InChI is InChI=1S/C21H25BrN2O2S/c1-4-21(2,3)12-9-10-14-16(11-12)27-20(17(14)18(23)25)24-19(26)13-7-5-6-8-15(13)22/h5-8,12H,4,9-11H2,1-3H3,(H2,23,25)(H,24,26)/t12-/m0/s1. The Hall–Kier alpha value is -1.66. The van der Waals surface area contributed by atoms with E-state index < -0.39 is 5.91 Å². The first-order valence-corrected chi connectivity index (χ1v) is 10.9. The topological polar surface area (TPSA) is 72.2 Å². The monoisotopic (exact) mass is 448 g/mol. The Morgan fingerprint density at radius 3 is 2.67 bits per heavy atom. The number of rotatable bonds is 5. The van der Waals surface area contributed by atoms with Crippen molar-refractivity contribution in [1.29, 1.82) is 0 Å². The molecule has 27 heavy (non-hydrogen) atoms. The van der Waals surface area contributed by atoms with E-state index in [1.165, 1.54) is 16.2 Å². The fourth-order valence-electron chi connectivity index (χ4n) is 3.71. The van der Waals surface area contributed by atoms with Crippen molar-refractivity contribution in [3.8, 4) is 0 Å². The van der Waals surface area contributed by atoms with Gasteiger partial charge in [-0.3, -0.25) is 9.59 Å². The summed E-state index contributed by atoms with van der Waals surface area (Å²) in [4.78, 5) is 26.0. The molecule has 2 aromatic rings. The molecule has 0 saturated heterocycles. The Bertz CT molecular complexity index is 888. The van der Waals surface area contributed by atoms with Crippen LogP contribution in [0.4, 0.5) is 5.00 Å². The Labute approximate surface area is 172 Å². The molecule has 2 amide bonds. The summed E-state index contributed by atoms with van der Waals surface area (Å²) in [5.74, 6) is -0.140. The minimum absolute atomic E-state index is 0.242. The number of anilines is 1. The van der Waals surface area contributed by atoms with Gasteiger partial charge >= 0.3 is 0 Å². The van der Waals surface area contributed by atoms with Crippen LogP contribution in [0.25, 0.3) is 0 Å². The Morgan fingerprint density at radius 2 is 2.04 bits per heavy atom. The second kappa shape index (κ2) is 7.76. The summed E-state index contributed by atoms with van der Waals surface area (Å²) in [5.41, 5.74) is 7.98. The number of hydrogen-bond donors (Lipinski definition) is 2. The van der Waals surface area contributed by atoms with Gasteiger partial charge in [0.2, 0.25) is 0 Å². The maximum absolute atomic E-state index is 12.7. The van der Waals surface area contributed by atoms with Crippen LogP contribution in [-0.4, -0.2) is 11.8 Å². The van der Waals surface area contributed by atoms with Gasteiger partial charge in [-0.1, -0.05) is 39.3 Å². The van der Waals surface area contributed by atoms with Gasteiger partial charge in [0.15, 0.2) is 0 Å². The van der Waals surface area contributed by atoms with Gasteiger partial charge in [0, 0.05) is 9.35 Å². The minimum atomic E-state index is -0.469. The van der Waals surface area contributed by atoms with Crippen molar-refractivity contribution in [3.63, 3.8) is 0 Å². The van der Waals surface area contributed by atoms with Crippen LogP contribution in [0.5, 0.6) is 0 Å². The predicted molar refractivity (Wildman–Crippen MR) is 115 cm³/mol. The number of nitrogens with one attached hydrogen (secondary N) is 1. The summed E-state index contributed by atoms with van der Waals surface area (Å²) in [6.07, 6.45) is 3.93. The summed E-state index contributed by atoms with van der Waals surface area (Å²) in [7, 11) is 0. The van der Waals surface area contributed by atoms with Crippen molar-refractivity contribution in [2.24, 2.45) is 17.1 Å². The molecule has 0 radical (unpaired) electrons. The molecule has 144 valence electrons. The number of halogens is 1. The number of hydrogen-bond acceptors (Lipinski definition) is 3. The van der Waals surface area contributed by atoms with Crippen molar-refractivity contribution in [3.05, 3.63) is 50.3 Å². The summed E-state index contributed by atoms with van der Waals surface area (Å²) in [6.45, 7) is 6.84. The quantitative estimate of drug-likeness (QED) is 0.641. The number of primary amides is 1. The van der Waals surface area contributed by atoms with E-state index in [0.29, 0.717) is 26.5 Å². The molecule has 0 spiro atoms. The molecule has 4 nitrogen and oxygen atoms in total. The van der Waals surface area contributed by atoms with Gasteiger partial charge in [-0.25, -0.2) is 0 Å². The second-order valence-corrected chi connectivity index (χ2v) is 9.75. The van der Waals surface area contributed by atoms with Crippen molar-refractivity contribution < 1.29 is 9.59 Å². The molecule has 0 unspecified atom stereocenters. The number of carbonyl (C=O) groups excluding carboxylic acids is 2. The molecule has 0 aliphatic heterocycles. The van der Waals surface area contributed by atoms with Crippen LogP contribution in [0.15, 0.2) is 28.7 Å². The lowest BCUT2D eigenvalue weighted by Crippen LogP contribution is -2.29. The fraction of sp³-hybridized carbons (Fsp3) is 0.429. The van der Waals surface area contributed by atoms with Crippen molar-refractivity contribution >= 4 is 44.1 Å². The van der Waals surface area contributed by atoms with Gasteiger partial charge in [-0.05, 0) is 64.2 Å². The van der Waals surface area contributed by atoms with Crippen LogP contribution in [-0.2, 0) is 12.8 Å². The zero-order valence-corrected chi connectivity index (χ0v) is 18.3. The van der Waals surface area contributed by atoms with Gasteiger partial charge in [0.05, 0.1) is 11.1 Å². The molecule has 0 saturated carbocycles. The van der Waals surface area contributed by atoms with E-state index in [1.807, 2.05) is 18.2 Å². The smallest absolute Gasteiger partial charge is 0.257 e. The number of benzene rings is 1. The molecular formula is C21H25BrN2O2S. The first-order valence-electron chi connectivity index (χ1n) is 9.24. The van der Waals surface area contributed by atoms with E-state index in [0.717, 1.165) is 31.2 Å². The zero-order chi connectivity index (χ0) is 19.8. The summed E-state index contributed by atoms with van der Waals surface area (Å²) < 4.78 is 0.717. The zero-order valence-electron chi connectivity index (χ0n) is 15.9. The number of nitrogens with two attached hydrogens (primary N) is 1. The Kier molecular flexibility index (Phi) is 5.77. The van der Waals surface area contributed by atoms with E-state index in [9.17, 15) is 9.59 Å². The van der Waals surface area contributed by atoms with Gasteiger partial charge < -0.3 is 11.1 Å². The van der Waals surface area contributed by atoms with Crippen LogP contribution >= 0.6 is 27.3 Å². The summed E-state index contributed by atoms with van der Waals surface area (Å²) >= 11 is 4.90. The van der Waals surface area contributed by atoms with Gasteiger partial charge in [0.1, 0.15) is 5.00 Å². The number of amides is 2. The predicted octanol–water partition coefficient (Wildman–Crippen LogP) is 5.40. The first kappa shape index (κ1) is 20.1. The van der Waals surface area contributed by atoms with E-state index in [-0.39, 0.29) is 11.3 Å². The summed E-state index contributed by atoms with van der Waals surface area (Å²) in [5, 5.41) is 3.49. The molecule has 3 N–H and O–H groups in total. The van der Waals surface area contributed by atoms with Gasteiger partial charge in [-0.15, -0.1) is 11.3 Å². The molecular weight excluding hydrogens is 424 g/mol. The Morgan fingerprint density at radius 1 is 1.33 bits per heavy atom. The third-order valence-electron chi connectivity index (χ3n) is 5.87. The minimum Gasteiger partial charge on any atom is -0.365 e. The van der Waals surface area contributed by atoms with E-state index in [2.05, 4.69) is 42.0 Å². The van der Waals surface area contributed by atoms with Gasteiger partial charge in [0.25, 0.3) is 11.8 Å². The molecule has 3 rings (SSSR count). The maximum atomic E-state index is 12.7. The van der Waals surface area contributed by atoms with Crippen LogP contribution in [0.1, 0.15) is 64.8 Å². The van der Waals surface area contributed by atoms with E-state index in [1.54, 1.807) is 6.07 Å².